The molecule has 8 nitrogen and oxygen atoms in total. The van der Waals surface area contributed by atoms with Crippen molar-refractivity contribution in [1.82, 2.24) is 0 Å². The Morgan fingerprint density at radius 1 is 1.40 bits per heavy atom. The summed E-state index contributed by atoms with van der Waals surface area (Å²) >= 11 is 0. The van der Waals surface area contributed by atoms with Gasteiger partial charge in [-0.05, 0) is 0 Å². The first kappa shape index (κ1) is 16.0. The maximum absolute atomic E-state index is 10.3. The van der Waals surface area contributed by atoms with Gasteiger partial charge in [0, 0.05) is 0 Å². The minimum atomic E-state index is -5.04. The van der Waals surface area contributed by atoms with Crippen LogP contribution in [-0.4, -0.2) is 51.4 Å². The van der Waals surface area contributed by atoms with Crippen molar-refractivity contribution < 1.29 is 68.5 Å². The Kier molecular flexibility index (Phi) is 6.42. The molecule has 0 aromatic rings. The van der Waals surface area contributed by atoms with E-state index in [0.29, 0.717) is 0 Å². The van der Waals surface area contributed by atoms with E-state index in [1.165, 1.54) is 0 Å². The summed E-state index contributed by atoms with van der Waals surface area (Å²) in [5, 5.41) is 26.9. The molecule has 1 aliphatic heterocycles. The zero-order chi connectivity index (χ0) is 10.9. The molecule has 0 bridgehead atoms. The monoisotopic (exact) mass is 252 g/mol. The summed E-state index contributed by atoms with van der Waals surface area (Å²) in [7, 11) is -5.04. The van der Waals surface area contributed by atoms with Gasteiger partial charge in [0.2, 0.25) is 0 Å². The summed E-state index contributed by atoms with van der Waals surface area (Å²) < 4.78 is 18.8. The predicted octanol–water partition coefficient (Wildman–Crippen LogP) is -6.09. The van der Waals surface area contributed by atoms with Crippen LogP contribution in [0.2, 0.25) is 0 Å². The molecule has 0 aromatic heterocycles. The molecule has 1 fully saturated rings. The van der Waals surface area contributed by atoms with Gasteiger partial charge in [0.1, 0.15) is 18.3 Å². The molecule has 0 radical (unpaired) electrons. The van der Waals surface area contributed by atoms with Gasteiger partial charge in [0.15, 0.2) is 6.29 Å². The SMILES string of the molecule is O=P([O-])(O)OC1O[C@H](CO)[C@@H](O)[C@H]1O.[Na+]. The van der Waals surface area contributed by atoms with E-state index in [2.05, 4.69) is 9.26 Å². The van der Waals surface area contributed by atoms with Crippen molar-refractivity contribution in [3.63, 3.8) is 0 Å². The molecule has 0 spiro atoms. The Hall–Kier alpha value is 0.950. The zero-order valence-electron chi connectivity index (χ0n) is 7.89. The second kappa shape index (κ2) is 6.04. The molecule has 1 aliphatic rings. The van der Waals surface area contributed by atoms with E-state index >= 15 is 0 Å². The summed E-state index contributed by atoms with van der Waals surface area (Å²) in [6, 6.07) is 0. The summed E-state index contributed by atoms with van der Waals surface area (Å²) in [4.78, 5) is 18.5. The quantitative estimate of drug-likeness (QED) is 0.287. The normalized spacial score (nSPS) is 39.5. The molecule has 0 aliphatic carbocycles. The number of phosphoric ester groups is 1. The molecular formula is C5H10NaO8P. The Morgan fingerprint density at radius 3 is 2.27 bits per heavy atom. The molecular weight excluding hydrogens is 242 g/mol. The largest absolute Gasteiger partial charge is 1.00 e. The Morgan fingerprint density at radius 2 is 1.93 bits per heavy atom. The first-order valence-corrected chi connectivity index (χ1v) is 5.19. The molecule has 0 saturated carbocycles. The van der Waals surface area contributed by atoms with Gasteiger partial charge in [0.05, 0.1) is 6.61 Å². The number of rotatable bonds is 3. The van der Waals surface area contributed by atoms with Gasteiger partial charge in [-0.3, -0.25) is 9.09 Å². The maximum Gasteiger partial charge on any atom is 1.00 e. The van der Waals surface area contributed by atoms with Crippen molar-refractivity contribution in [3.8, 4) is 0 Å². The maximum atomic E-state index is 10.3. The van der Waals surface area contributed by atoms with Crippen LogP contribution in [0.1, 0.15) is 0 Å². The number of hydrogen-bond acceptors (Lipinski definition) is 7. The summed E-state index contributed by atoms with van der Waals surface area (Å²) in [5.74, 6) is 0. The predicted molar refractivity (Wildman–Crippen MR) is 38.7 cm³/mol. The fourth-order valence-electron chi connectivity index (χ4n) is 1.08. The van der Waals surface area contributed by atoms with E-state index in [1.54, 1.807) is 0 Å². The molecule has 10 heteroatoms. The molecule has 0 amide bonds. The summed E-state index contributed by atoms with van der Waals surface area (Å²) in [6.45, 7) is -0.604. The van der Waals surface area contributed by atoms with Crippen LogP contribution in [0, 0.1) is 0 Å². The van der Waals surface area contributed by atoms with Crippen molar-refractivity contribution in [3.05, 3.63) is 0 Å². The zero-order valence-corrected chi connectivity index (χ0v) is 10.8. The third-order valence-corrected chi connectivity index (χ3v) is 2.21. The number of phosphoric acid groups is 1. The van der Waals surface area contributed by atoms with Crippen molar-refractivity contribution >= 4 is 7.82 Å². The molecule has 84 valence electrons. The standard InChI is InChI=1S/C5H11O8P.Na/c6-1-2-3(7)4(8)5(12-2)13-14(9,10)11;/h2-8H,1H2,(H2,9,10,11);/q;+1/p-1/t2-,3-,4-,5?;/m1./s1. The molecule has 1 saturated heterocycles. The van der Waals surface area contributed by atoms with E-state index in [-0.39, 0.29) is 29.6 Å². The van der Waals surface area contributed by atoms with Crippen LogP contribution < -0.4 is 34.5 Å². The van der Waals surface area contributed by atoms with Gasteiger partial charge in [-0.15, -0.1) is 0 Å². The topological polar surface area (TPSA) is 140 Å². The van der Waals surface area contributed by atoms with Gasteiger partial charge in [0.25, 0.3) is 7.82 Å². The summed E-state index contributed by atoms with van der Waals surface area (Å²) in [6.07, 6.45) is -5.94. The number of aliphatic hydroxyl groups excluding tert-OH is 3. The smallest absolute Gasteiger partial charge is 0.756 e. The number of hydrogen-bond donors (Lipinski definition) is 4. The Bertz CT molecular complexity index is 243. The van der Waals surface area contributed by atoms with Gasteiger partial charge in [-0.1, -0.05) is 0 Å². The van der Waals surface area contributed by atoms with Crippen LogP contribution in [0.5, 0.6) is 0 Å². The molecule has 1 heterocycles. The Balaban J connectivity index is 0.00000196. The average Bonchev–Trinajstić information content (AvgIpc) is 2.30. The third-order valence-electron chi connectivity index (χ3n) is 1.74. The molecule has 5 atom stereocenters. The second-order valence-corrected chi connectivity index (χ2v) is 3.93. The van der Waals surface area contributed by atoms with Gasteiger partial charge < -0.3 is 29.8 Å². The van der Waals surface area contributed by atoms with Crippen molar-refractivity contribution in [2.75, 3.05) is 6.61 Å². The molecule has 1 rings (SSSR count). The van der Waals surface area contributed by atoms with Crippen LogP contribution in [0.3, 0.4) is 0 Å². The van der Waals surface area contributed by atoms with Crippen molar-refractivity contribution in [2.24, 2.45) is 0 Å². The van der Waals surface area contributed by atoms with Crippen LogP contribution in [0.4, 0.5) is 0 Å². The third kappa shape index (κ3) is 4.37. The van der Waals surface area contributed by atoms with E-state index < -0.39 is 39.0 Å². The Labute approximate surface area is 107 Å². The van der Waals surface area contributed by atoms with Crippen LogP contribution in [0.25, 0.3) is 0 Å². The van der Waals surface area contributed by atoms with Crippen molar-refractivity contribution in [1.29, 1.82) is 0 Å². The number of ether oxygens (including phenoxy) is 1. The van der Waals surface area contributed by atoms with Crippen LogP contribution >= 0.6 is 7.82 Å². The molecule has 2 unspecified atom stereocenters. The minimum Gasteiger partial charge on any atom is -0.756 e. The van der Waals surface area contributed by atoms with Crippen LogP contribution in [-0.2, 0) is 13.8 Å². The fourth-order valence-corrected chi connectivity index (χ4v) is 1.52. The summed E-state index contributed by atoms with van der Waals surface area (Å²) in [5.41, 5.74) is 0. The van der Waals surface area contributed by atoms with E-state index in [1.807, 2.05) is 0 Å². The molecule has 0 aromatic carbocycles. The average molecular weight is 252 g/mol. The van der Waals surface area contributed by atoms with Crippen LogP contribution in [0.15, 0.2) is 0 Å². The number of aliphatic hydroxyl groups is 3. The first-order valence-electron chi connectivity index (χ1n) is 3.70. The van der Waals surface area contributed by atoms with Gasteiger partial charge >= 0.3 is 29.6 Å². The molecule has 4 N–H and O–H groups in total. The second-order valence-electron chi connectivity index (χ2n) is 2.78. The van der Waals surface area contributed by atoms with E-state index in [0.717, 1.165) is 0 Å². The van der Waals surface area contributed by atoms with E-state index in [4.69, 9.17) is 20.2 Å². The van der Waals surface area contributed by atoms with Gasteiger partial charge in [-0.25, -0.2) is 0 Å². The van der Waals surface area contributed by atoms with Gasteiger partial charge in [-0.2, -0.15) is 0 Å². The molecule has 15 heavy (non-hydrogen) atoms. The first-order chi connectivity index (χ1) is 6.35. The van der Waals surface area contributed by atoms with Crippen molar-refractivity contribution in [2.45, 2.75) is 24.6 Å². The van der Waals surface area contributed by atoms with E-state index in [9.17, 15) is 9.46 Å². The minimum absolute atomic E-state index is 0. The fraction of sp³-hybridized carbons (Fsp3) is 1.00.